The minimum Gasteiger partial charge on any atom is -0.497 e. The maximum Gasteiger partial charge on any atom is 0.319 e. The predicted molar refractivity (Wildman–Crippen MR) is 119 cm³/mol. The molecule has 0 radical (unpaired) electrons. The minimum absolute atomic E-state index is 0.0604. The van der Waals surface area contributed by atoms with Gasteiger partial charge in [-0.05, 0) is 42.0 Å². The third-order valence-corrected chi connectivity index (χ3v) is 4.52. The number of nitrogens with zero attached hydrogens (tertiary/aromatic N) is 1. The van der Waals surface area contributed by atoms with Gasteiger partial charge in [0.15, 0.2) is 0 Å². The highest BCUT2D eigenvalue weighted by atomic mass is 16.5. The SMILES string of the molecule is COc1ccc(NC(=O)NCCC(=O)N(Cc2ccccc2)c2ccccc2)cc1. The average molecular weight is 403 g/mol. The molecule has 0 saturated carbocycles. The highest BCUT2D eigenvalue weighted by Gasteiger charge is 2.16. The van der Waals surface area contributed by atoms with Crippen molar-refractivity contribution in [2.75, 3.05) is 23.9 Å². The molecule has 3 aromatic rings. The van der Waals surface area contributed by atoms with Crippen molar-refractivity contribution in [3.05, 3.63) is 90.5 Å². The molecule has 0 heterocycles. The van der Waals surface area contributed by atoms with Crippen LogP contribution in [0.2, 0.25) is 0 Å². The lowest BCUT2D eigenvalue weighted by molar-refractivity contribution is -0.118. The van der Waals surface area contributed by atoms with Gasteiger partial charge in [-0.25, -0.2) is 4.79 Å². The summed E-state index contributed by atoms with van der Waals surface area (Å²) in [6, 6.07) is 26.0. The third-order valence-electron chi connectivity index (χ3n) is 4.52. The number of methoxy groups -OCH3 is 1. The Morgan fingerprint density at radius 3 is 2.13 bits per heavy atom. The quantitative estimate of drug-likeness (QED) is 0.584. The van der Waals surface area contributed by atoms with Gasteiger partial charge in [-0.3, -0.25) is 4.79 Å². The fourth-order valence-electron chi connectivity index (χ4n) is 2.96. The van der Waals surface area contributed by atoms with E-state index in [1.165, 1.54) is 0 Å². The summed E-state index contributed by atoms with van der Waals surface area (Å²) in [4.78, 5) is 26.7. The molecule has 3 rings (SSSR count). The number of para-hydroxylation sites is 1. The third kappa shape index (κ3) is 6.10. The Labute approximate surface area is 176 Å². The summed E-state index contributed by atoms with van der Waals surface area (Å²) in [5.41, 5.74) is 2.52. The van der Waals surface area contributed by atoms with E-state index in [1.54, 1.807) is 36.3 Å². The highest BCUT2D eigenvalue weighted by Crippen LogP contribution is 2.18. The van der Waals surface area contributed by atoms with Gasteiger partial charge in [0.25, 0.3) is 0 Å². The van der Waals surface area contributed by atoms with Gasteiger partial charge in [-0.15, -0.1) is 0 Å². The number of carbonyl (C=O) groups is 2. The Morgan fingerprint density at radius 1 is 0.867 bits per heavy atom. The standard InChI is InChI=1S/C24H25N3O3/c1-30-22-14-12-20(13-15-22)26-24(29)25-17-16-23(28)27(21-10-6-3-7-11-21)18-19-8-4-2-5-9-19/h2-15H,16-18H2,1H3,(H2,25,26,29). The molecule has 0 atom stereocenters. The van der Waals surface area contributed by atoms with Crippen LogP contribution in [0.4, 0.5) is 16.2 Å². The van der Waals surface area contributed by atoms with E-state index in [4.69, 9.17) is 4.74 Å². The molecular formula is C24H25N3O3. The number of amides is 3. The maximum absolute atomic E-state index is 12.9. The van der Waals surface area contributed by atoms with E-state index in [-0.39, 0.29) is 24.9 Å². The van der Waals surface area contributed by atoms with Crippen molar-refractivity contribution >= 4 is 23.3 Å². The zero-order valence-electron chi connectivity index (χ0n) is 16.9. The molecule has 6 heteroatoms. The van der Waals surface area contributed by atoms with Crippen LogP contribution in [0.5, 0.6) is 5.75 Å². The summed E-state index contributed by atoms with van der Waals surface area (Å²) in [7, 11) is 1.59. The van der Waals surface area contributed by atoms with Gasteiger partial charge in [0.2, 0.25) is 5.91 Å². The predicted octanol–water partition coefficient (Wildman–Crippen LogP) is 4.44. The van der Waals surface area contributed by atoms with Crippen LogP contribution in [0, 0.1) is 0 Å². The molecule has 0 aliphatic rings. The molecule has 154 valence electrons. The van der Waals surface area contributed by atoms with Crippen molar-refractivity contribution in [2.24, 2.45) is 0 Å². The highest BCUT2D eigenvalue weighted by molar-refractivity contribution is 5.94. The molecular weight excluding hydrogens is 378 g/mol. The second-order valence-corrected chi connectivity index (χ2v) is 6.66. The molecule has 0 aliphatic heterocycles. The van der Waals surface area contributed by atoms with Gasteiger partial charge < -0.3 is 20.3 Å². The number of hydrogen-bond acceptors (Lipinski definition) is 3. The summed E-state index contributed by atoms with van der Waals surface area (Å²) in [6.45, 7) is 0.709. The number of anilines is 2. The van der Waals surface area contributed by atoms with Crippen molar-refractivity contribution in [1.29, 1.82) is 0 Å². The van der Waals surface area contributed by atoms with Crippen molar-refractivity contribution in [1.82, 2.24) is 5.32 Å². The van der Waals surface area contributed by atoms with Gasteiger partial charge in [-0.2, -0.15) is 0 Å². The number of carbonyl (C=O) groups excluding carboxylic acids is 2. The van der Waals surface area contributed by atoms with E-state index in [2.05, 4.69) is 10.6 Å². The van der Waals surface area contributed by atoms with Crippen LogP contribution in [-0.4, -0.2) is 25.6 Å². The molecule has 3 aromatic carbocycles. The lowest BCUT2D eigenvalue weighted by atomic mass is 10.2. The first-order valence-electron chi connectivity index (χ1n) is 9.74. The first-order valence-corrected chi connectivity index (χ1v) is 9.74. The Bertz CT molecular complexity index is 944. The second-order valence-electron chi connectivity index (χ2n) is 6.66. The average Bonchev–Trinajstić information content (AvgIpc) is 2.79. The minimum atomic E-state index is -0.359. The van der Waals surface area contributed by atoms with Crippen LogP contribution in [0.3, 0.4) is 0 Å². The molecule has 0 aromatic heterocycles. The molecule has 2 N–H and O–H groups in total. The van der Waals surface area contributed by atoms with Crippen LogP contribution in [0.25, 0.3) is 0 Å². The van der Waals surface area contributed by atoms with Gasteiger partial charge >= 0.3 is 6.03 Å². The second kappa shape index (κ2) is 10.7. The lowest BCUT2D eigenvalue weighted by Crippen LogP contribution is -2.35. The summed E-state index contributed by atoms with van der Waals surface area (Å²) >= 11 is 0. The molecule has 0 bridgehead atoms. The zero-order chi connectivity index (χ0) is 21.2. The molecule has 3 amide bonds. The summed E-state index contributed by atoms with van der Waals surface area (Å²) in [5.74, 6) is 0.653. The van der Waals surface area contributed by atoms with E-state index in [0.29, 0.717) is 18.0 Å². The van der Waals surface area contributed by atoms with Gasteiger partial charge in [0.05, 0.1) is 13.7 Å². The van der Waals surface area contributed by atoms with Crippen molar-refractivity contribution in [2.45, 2.75) is 13.0 Å². The molecule has 0 spiro atoms. The first-order chi connectivity index (χ1) is 14.7. The van der Waals surface area contributed by atoms with Crippen LogP contribution in [-0.2, 0) is 11.3 Å². The Morgan fingerprint density at radius 2 is 1.50 bits per heavy atom. The van der Waals surface area contributed by atoms with E-state index in [9.17, 15) is 9.59 Å². The van der Waals surface area contributed by atoms with E-state index < -0.39 is 0 Å². The lowest BCUT2D eigenvalue weighted by Gasteiger charge is -2.23. The van der Waals surface area contributed by atoms with Gasteiger partial charge in [-0.1, -0.05) is 48.5 Å². The van der Waals surface area contributed by atoms with Crippen molar-refractivity contribution in [3.8, 4) is 5.75 Å². The topological polar surface area (TPSA) is 70.7 Å². The Hall–Kier alpha value is -3.80. The van der Waals surface area contributed by atoms with Gasteiger partial charge in [0.1, 0.15) is 5.75 Å². The van der Waals surface area contributed by atoms with Crippen LogP contribution in [0.1, 0.15) is 12.0 Å². The number of rotatable bonds is 8. The molecule has 30 heavy (non-hydrogen) atoms. The molecule has 6 nitrogen and oxygen atoms in total. The Balaban J connectivity index is 1.55. The van der Waals surface area contributed by atoms with Crippen molar-refractivity contribution < 1.29 is 14.3 Å². The van der Waals surface area contributed by atoms with Crippen LogP contribution < -0.4 is 20.3 Å². The number of ether oxygens (including phenoxy) is 1. The normalized spacial score (nSPS) is 10.2. The summed E-state index contributed by atoms with van der Waals surface area (Å²) < 4.78 is 5.10. The fourth-order valence-corrected chi connectivity index (χ4v) is 2.96. The van der Waals surface area contributed by atoms with Crippen LogP contribution >= 0.6 is 0 Å². The largest absolute Gasteiger partial charge is 0.497 e. The fraction of sp³-hybridized carbons (Fsp3) is 0.167. The van der Waals surface area contributed by atoms with Crippen LogP contribution in [0.15, 0.2) is 84.9 Å². The van der Waals surface area contributed by atoms with Crippen molar-refractivity contribution in [3.63, 3.8) is 0 Å². The smallest absolute Gasteiger partial charge is 0.319 e. The maximum atomic E-state index is 12.9. The molecule has 0 saturated heterocycles. The van der Waals surface area contributed by atoms with E-state index >= 15 is 0 Å². The summed E-state index contributed by atoms with van der Waals surface area (Å²) in [6.07, 6.45) is 0.192. The molecule has 0 aliphatic carbocycles. The number of hydrogen-bond donors (Lipinski definition) is 2. The van der Waals surface area contributed by atoms with E-state index in [1.807, 2.05) is 60.7 Å². The van der Waals surface area contributed by atoms with E-state index in [0.717, 1.165) is 11.3 Å². The monoisotopic (exact) mass is 403 g/mol. The number of nitrogens with one attached hydrogen (secondary N) is 2. The summed E-state index contributed by atoms with van der Waals surface area (Å²) in [5, 5.41) is 5.47. The molecule has 0 fully saturated rings. The Kier molecular flexibility index (Phi) is 7.44. The zero-order valence-corrected chi connectivity index (χ0v) is 16.9. The number of urea groups is 1. The number of benzene rings is 3. The first kappa shape index (κ1) is 20.9. The van der Waals surface area contributed by atoms with Gasteiger partial charge in [0, 0.05) is 24.3 Å². The molecule has 0 unspecified atom stereocenters.